The molecule has 2 bridgehead atoms. The van der Waals surface area contributed by atoms with Gasteiger partial charge in [0.15, 0.2) is 0 Å². The largest absolute Gasteiger partial charge is 0.366 e. The molecule has 3 aliphatic rings. The van der Waals surface area contributed by atoms with Crippen molar-refractivity contribution in [2.45, 2.75) is 25.3 Å². The summed E-state index contributed by atoms with van der Waals surface area (Å²) in [4.78, 5) is 18.3. The van der Waals surface area contributed by atoms with E-state index >= 15 is 0 Å². The van der Waals surface area contributed by atoms with Gasteiger partial charge in [0, 0.05) is 6.04 Å². The van der Waals surface area contributed by atoms with Crippen molar-refractivity contribution in [3.05, 3.63) is 20.3 Å². The van der Waals surface area contributed by atoms with E-state index in [1.165, 1.54) is 25.6 Å². The highest BCUT2D eigenvalue weighted by Gasteiger charge is 2.65. The van der Waals surface area contributed by atoms with E-state index < -0.39 is 0 Å². The Kier molecular flexibility index (Phi) is 2.11. The number of halogens is 1. The number of anilines is 1. The van der Waals surface area contributed by atoms with Gasteiger partial charge in [-0.15, -0.1) is 0 Å². The average Bonchev–Trinajstić information content (AvgIpc) is 2.72. The van der Waals surface area contributed by atoms with Gasteiger partial charge in [-0.3, -0.25) is 4.79 Å². The monoisotopic (exact) mass is 343 g/mol. The second kappa shape index (κ2) is 3.46. The Morgan fingerprint density at radius 3 is 2.76 bits per heavy atom. The predicted molar refractivity (Wildman–Crippen MR) is 72.8 cm³/mol. The van der Waals surface area contributed by atoms with E-state index in [9.17, 15) is 4.79 Å². The molecule has 5 heteroatoms. The maximum absolute atomic E-state index is 11.5. The lowest BCUT2D eigenvalue weighted by Crippen LogP contribution is -2.19. The van der Waals surface area contributed by atoms with Crippen molar-refractivity contribution in [1.82, 2.24) is 9.97 Å². The van der Waals surface area contributed by atoms with Crippen molar-refractivity contribution < 1.29 is 0 Å². The molecule has 1 aromatic heterocycles. The van der Waals surface area contributed by atoms with Crippen LogP contribution in [-0.2, 0) is 0 Å². The molecule has 3 aliphatic carbocycles. The second-order valence-corrected chi connectivity index (χ2v) is 6.63. The first kappa shape index (κ1) is 10.3. The third-order valence-corrected chi connectivity index (χ3v) is 5.84. The lowest BCUT2D eigenvalue weighted by atomic mass is 10.0. The lowest BCUT2D eigenvalue weighted by Gasteiger charge is -2.11. The van der Waals surface area contributed by atoms with Crippen LogP contribution in [-0.4, -0.2) is 16.0 Å². The summed E-state index contributed by atoms with van der Waals surface area (Å²) in [6.07, 6.45) is 5.78. The third kappa shape index (κ3) is 1.41. The zero-order valence-corrected chi connectivity index (χ0v) is 11.5. The van der Waals surface area contributed by atoms with Crippen LogP contribution in [0, 0.1) is 27.2 Å². The van der Waals surface area contributed by atoms with Crippen LogP contribution in [0.5, 0.6) is 0 Å². The van der Waals surface area contributed by atoms with Crippen molar-refractivity contribution in [2.24, 2.45) is 23.7 Å². The Balaban J connectivity index is 1.56. The number of aromatic amines is 1. The molecule has 4 atom stereocenters. The standard InChI is InChI=1S/C12H14IN3O/c13-9-11(14-4-15-12(9)17)16-10-7-5-1-2-6(3-5)8(7)10/h4-8,10H,1-3H2,(H2,14,15,16,17). The number of hydrogen-bond acceptors (Lipinski definition) is 3. The highest BCUT2D eigenvalue weighted by atomic mass is 127. The normalized spacial score (nSPS) is 41.4. The Morgan fingerprint density at radius 1 is 1.35 bits per heavy atom. The van der Waals surface area contributed by atoms with Crippen molar-refractivity contribution in [3.8, 4) is 0 Å². The second-order valence-electron chi connectivity index (χ2n) is 5.55. The topological polar surface area (TPSA) is 57.8 Å². The minimum atomic E-state index is -0.0446. The van der Waals surface area contributed by atoms with Crippen LogP contribution in [0.25, 0.3) is 0 Å². The maximum atomic E-state index is 11.5. The number of nitrogens with one attached hydrogen (secondary N) is 2. The SMILES string of the molecule is O=c1[nH]cnc(NC2C3C4CCC(C4)C23)c1I. The molecule has 1 aromatic rings. The van der Waals surface area contributed by atoms with E-state index in [1.807, 2.05) is 0 Å². The summed E-state index contributed by atoms with van der Waals surface area (Å²) in [5, 5.41) is 3.49. The van der Waals surface area contributed by atoms with Crippen molar-refractivity contribution >= 4 is 28.4 Å². The zero-order valence-electron chi connectivity index (χ0n) is 9.32. The van der Waals surface area contributed by atoms with Crippen LogP contribution in [0.3, 0.4) is 0 Å². The van der Waals surface area contributed by atoms with E-state index in [0.717, 1.165) is 29.5 Å². The van der Waals surface area contributed by atoms with Crippen molar-refractivity contribution in [3.63, 3.8) is 0 Å². The summed E-state index contributed by atoms with van der Waals surface area (Å²) in [6, 6.07) is 0.587. The van der Waals surface area contributed by atoms with Gasteiger partial charge in [-0.25, -0.2) is 4.98 Å². The highest BCUT2D eigenvalue weighted by Crippen LogP contribution is 2.66. The van der Waals surface area contributed by atoms with Gasteiger partial charge in [0.05, 0.1) is 6.33 Å². The Morgan fingerprint density at radius 2 is 2.06 bits per heavy atom. The van der Waals surface area contributed by atoms with Crippen LogP contribution in [0.4, 0.5) is 5.82 Å². The molecule has 4 rings (SSSR count). The summed E-state index contributed by atoms with van der Waals surface area (Å²) in [5.41, 5.74) is -0.0446. The zero-order chi connectivity index (χ0) is 11.6. The lowest BCUT2D eigenvalue weighted by molar-refractivity contribution is 0.456. The van der Waals surface area contributed by atoms with E-state index in [1.54, 1.807) is 0 Å². The van der Waals surface area contributed by atoms with Crippen molar-refractivity contribution in [1.29, 1.82) is 0 Å². The number of H-pyrrole nitrogens is 1. The first-order valence-corrected chi connectivity index (χ1v) is 7.33. The van der Waals surface area contributed by atoms with Gasteiger partial charge in [0.2, 0.25) is 0 Å². The number of fused-ring (bicyclic) bond motifs is 5. The fourth-order valence-corrected chi connectivity index (χ4v) is 4.61. The van der Waals surface area contributed by atoms with Crippen LogP contribution < -0.4 is 10.9 Å². The number of rotatable bonds is 2. The molecule has 3 fully saturated rings. The first-order valence-electron chi connectivity index (χ1n) is 6.25. The van der Waals surface area contributed by atoms with E-state index in [-0.39, 0.29) is 5.56 Å². The first-order chi connectivity index (χ1) is 8.25. The molecule has 17 heavy (non-hydrogen) atoms. The molecule has 4 unspecified atom stereocenters. The minimum absolute atomic E-state index is 0.0446. The Hall–Kier alpha value is -0.590. The van der Waals surface area contributed by atoms with Gasteiger partial charge in [-0.2, -0.15) is 0 Å². The van der Waals surface area contributed by atoms with Crippen LogP contribution in [0.2, 0.25) is 0 Å². The third-order valence-electron chi connectivity index (χ3n) is 4.84. The van der Waals surface area contributed by atoms with Gasteiger partial charge in [-0.05, 0) is 65.5 Å². The molecule has 3 saturated carbocycles. The molecule has 0 saturated heterocycles. The number of hydrogen-bond donors (Lipinski definition) is 2. The number of nitrogens with zero attached hydrogens (tertiary/aromatic N) is 1. The van der Waals surface area contributed by atoms with Gasteiger partial charge in [0.25, 0.3) is 5.56 Å². The molecule has 0 radical (unpaired) electrons. The molecule has 90 valence electrons. The number of aromatic nitrogens is 2. The molecular weight excluding hydrogens is 329 g/mol. The summed E-state index contributed by atoms with van der Waals surface area (Å²) < 4.78 is 0.683. The summed E-state index contributed by atoms with van der Waals surface area (Å²) >= 11 is 2.07. The van der Waals surface area contributed by atoms with Crippen LogP contribution in [0.1, 0.15) is 19.3 Å². The maximum Gasteiger partial charge on any atom is 0.266 e. The summed E-state index contributed by atoms with van der Waals surface area (Å²) in [5.74, 6) is 4.40. The highest BCUT2D eigenvalue weighted by molar-refractivity contribution is 14.1. The van der Waals surface area contributed by atoms with Gasteiger partial charge in [0.1, 0.15) is 9.39 Å². The van der Waals surface area contributed by atoms with Crippen LogP contribution >= 0.6 is 22.6 Å². The summed E-state index contributed by atoms with van der Waals surface area (Å²) in [7, 11) is 0. The molecule has 0 aliphatic heterocycles. The molecule has 0 aromatic carbocycles. The Labute approximate surface area is 113 Å². The van der Waals surface area contributed by atoms with Crippen LogP contribution in [0.15, 0.2) is 11.1 Å². The summed E-state index contributed by atoms with van der Waals surface area (Å²) in [6.45, 7) is 0. The van der Waals surface area contributed by atoms with Gasteiger partial charge >= 0.3 is 0 Å². The van der Waals surface area contributed by atoms with Crippen molar-refractivity contribution in [2.75, 3.05) is 5.32 Å². The molecule has 2 N–H and O–H groups in total. The quantitative estimate of drug-likeness (QED) is 0.806. The molecule has 4 nitrogen and oxygen atoms in total. The van der Waals surface area contributed by atoms with E-state index in [4.69, 9.17) is 0 Å². The molecule has 0 spiro atoms. The Bertz CT molecular complexity index is 513. The fraction of sp³-hybridized carbons (Fsp3) is 0.667. The fourth-order valence-electron chi connectivity index (χ4n) is 4.16. The minimum Gasteiger partial charge on any atom is -0.366 e. The van der Waals surface area contributed by atoms with Gasteiger partial charge in [-0.1, -0.05) is 0 Å². The molecule has 1 heterocycles. The van der Waals surface area contributed by atoms with E-state index in [0.29, 0.717) is 9.61 Å². The predicted octanol–water partition coefficient (Wildman–Crippen LogP) is 1.83. The van der Waals surface area contributed by atoms with E-state index in [2.05, 4.69) is 37.9 Å². The molecule has 0 amide bonds. The molecular formula is C12H14IN3O. The van der Waals surface area contributed by atoms with Gasteiger partial charge < -0.3 is 10.3 Å². The average molecular weight is 343 g/mol. The smallest absolute Gasteiger partial charge is 0.266 e.